The van der Waals surface area contributed by atoms with Crippen molar-refractivity contribution in [2.75, 3.05) is 19.6 Å². The van der Waals surface area contributed by atoms with Crippen LogP contribution in [0.4, 0.5) is 0 Å². The lowest BCUT2D eigenvalue weighted by Crippen LogP contribution is -2.40. The average Bonchev–Trinajstić information content (AvgIpc) is 2.96. The minimum absolute atomic E-state index is 0.121. The van der Waals surface area contributed by atoms with E-state index in [4.69, 9.17) is 23.2 Å². The molecular weight excluding hydrogens is 315 g/mol. The van der Waals surface area contributed by atoms with Crippen LogP contribution < -0.4 is 5.32 Å². The summed E-state index contributed by atoms with van der Waals surface area (Å²) < 4.78 is 0. The van der Waals surface area contributed by atoms with Crippen LogP contribution in [0, 0.1) is 0 Å². The number of carbonyl (C=O) groups excluding carboxylic acids is 2. The van der Waals surface area contributed by atoms with Crippen molar-refractivity contribution in [1.29, 1.82) is 0 Å². The Balaban J connectivity index is 1.91. The van der Waals surface area contributed by atoms with Crippen molar-refractivity contribution in [2.24, 2.45) is 0 Å². The number of nitrogens with one attached hydrogen (secondary N) is 1. The van der Waals surface area contributed by atoms with Crippen molar-refractivity contribution in [3.05, 3.63) is 33.8 Å². The summed E-state index contributed by atoms with van der Waals surface area (Å²) >= 11 is 11.6. The highest BCUT2D eigenvalue weighted by molar-refractivity contribution is 6.34. The van der Waals surface area contributed by atoms with Crippen LogP contribution in [-0.2, 0) is 9.59 Å². The highest BCUT2D eigenvalue weighted by atomic mass is 35.5. The maximum absolute atomic E-state index is 11.9. The lowest BCUT2D eigenvalue weighted by molar-refractivity contribution is -0.135. The molecule has 1 aliphatic rings. The van der Waals surface area contributed by atoms with Crippen LogP contribution in [-0.4, -0.2) is 41.5 Å². The Morgan fingerprint density at radius 2 is 1.76 bits per heavy atom. The maximum atomic E-state index is 11.9. The fourth-order valence-electron chi connectivity index (χ4n) is 2.22. The molecule has 114 valence electrons. The molecule has 0 radical (unpaired) electrons. The van der Waals surface area contributed by atoms with E-state index < -0.39 is 12.0 Å². The third-order valence-corrected chi connectivity index (χ3v) is 3.76. The lowest BCUT2D eigenvalue weighted by atomic mass is 10.1. The second kappa shape index (κ2) is 7.11. The summed E-state index contributed by atoms with van der Waals surface area (Å²) in [5.41, 5.74) is 0.290. The third-order valence-electron chi connectivity index (χ3n) is 3.32. The minimum Gasteiger partial charge on any atom is -0.378 e. The maximum Gasteiger partial charge on any atom is 0.253 e. The van der Waals surface area contributed by atoms with E-state index in [0.717, 1.165) is 25.9 Å². The number of hydrogen-bond donors (Lipinski definition) is 2. The largest absolute Gasteiger partial charge is 0.378 e. The summed E-state index contributed by atoms with van der Waals surface area (Å²) in [5.74, 6) is -0.793. The highest BCUT2D eigenvalue weighted by Crippen LogP contribution is 2.23. The smallest absolute Gasteiger partial charge is 0.253 e. The molecule has 1 heterocycles. The Morgan fingerprint density at radius 3 is 2.33 bits per heavy atom. The highest BCUT2D eigenvalue weighted by Gasteiger charge is 2.22. The topological polar surface area (TPSA) is 69.6 Å². The van der Waals surface area contributed by atoms with Gasteiger partial charge in [-0.05, 0) is 36.6 Å². The van der Waals surface area contributed by atoms with Crippen LogP contribution in [0.25, 0.3) is 0 Å². The predicted molar refractivity (Wildman–Crippen MR) is 80.2 cm³/mol. The summed E-state index contributed by atoms with van der Waals surface area (Å²) in [6.07, 6.45) is 0.569. The van der Waals surface area contributed by atoms with E-state index in [-0.39, 0.29) is 12.5 Å². The molecule has 21 heavy (non-hydrogen) atoms. The first-order chi connectivity index (χ1) is 9.97. The predicted octanol–water partition coefficient (Wildman–Crippen LogP) is 1.77. The van der Waals surface area contributed by atoms with Crippen LogP contribution in [0.2, 0.25) is 10.0 Å². The van der Waals surface area contributed by atoms with Gasteiger partial charge in [-0.15, -0.1) is 0 Å². The van der Waals surface area contributed by atoms with E-state index in [9.17, 15) is 14.7 Å². The second-order valence-corrected chi connectivity index (χ2v) is 5.78. The van der Waals surface area contributed by atoms with Crippen LogP contribution >= 0.6 is 23.2 Å². The zero-order valence-electron chi connectivity index (χ0n) is 11.3. The number of benzene rings is 1. The van der Waals surface area contributed by atoms with Crippen molar-refractivity contribution in [3.8, 4) is 0 Å². The average molecular weight is 331 g/mol. The van der Waals surface area contributed by atoms with E-state index in [1.165, 1.54) is 18.2 Å². The Kier molecular flexibility index (Phi) is 5.45. The third kappa shape index (κ3) is 4.33. The van der Waals surface area contributed by atoms with Gasteiger partial charge in [0.25, 0.3) is 5.91 Å². The van der Waals surface area contributed by atoms with E-state index in [1.54, 1.807) is 4.90 Å². The quantitative estimate of drug-likeness (QED) is 0.883. The Morgan fingerprint density at radius 1 is 1.19 bits per heavy atom. The zero-order valence-corrected chi connectivity index (χ0v) is 12.8. The number of carbonyl (C=O) groups is 2. The number of amides is 2. The molecule has 1 atom stereocenters. The van der Waals surface area contributed by atoms with Gasteiger partial charge in [0.2, 0.25) is 5.91 Å². The van der Waals surface area contributed by atoms with E-state index in [1.807, 2.05) is 0 Å². The normalized spacial score (nSPS) is 15.9. The molecule has 2 N–H and O–H groups in total. The molecule has 2 amide bonds. The molecule has 0 aromatic heterocycles. The molecule has 1 aliphatic heterocycles. The van der Waals surface area contributed by atoms with Gasteiger partial charge in [0, 0.05) is 23.1 Å². The molecule has 2 rings (SSSR count). The van der Waals surface area contributed by atoms with Gasteiger partial charge < -0.3 is 15.3 Å². The van der Waals surface area contributed by atoms with Gasteiger partial charge in [-0.25, -0.2) is 0 Å². The van der Waals surface area contributed by atoms with Gasteiger partial charge in [-0.1, -0.05) is 23.2 Å². The second-order valence-electron chi connectivity index (χ2n) is 4.91. The van der Waals surface area contributed by atoms with Crippen LogP contribution in [0.5, 0.6) is 0 Å². The van der Waals surface area contributed by atoms with Crippen molar-refractivity contribution in [1.82, 2.24) is 10.2 Å². The standard InChI is InChI=1S/C14H16Cl2N2O3/c15-10-5-9(6-11(16)7-10)13(20)14(21)17-8-12(19)18-3-1-2-4-18/h5-7,13,20H,1-4,8H2,(H,17,21). The first-order valence-electron chi connectivity index (χ1n) is 6.67. The molecule has 0 spiro atoms. The van der Waals surface area contributed by atoms with Crippen molar-refractivity contribution >= 4 is 35.0 Å². The zero-order chi connectivity index (χ0) is 15.4. The summed E-state index contributed by atoms with van der Waals surface area (Å²) in [4.78, 5) is 25.4. The number of halogens is 2. The number of aliphatic hydroxyl groups is 1. The molecule has 1 aromatic rings. The molecule has 7 heteroatoms. The Hall–Kier alpha value is -1.30. The molecule has 1 saturated heterocycles. The summed E-state index contributed by atoms with van der Waals surface area (Å²) in [6.45, 7) is 1.33. The first-order valence-corrected chi connectivity index (χ1v) is 7.42. The Labute approximate surface area is 132 Å². The number of likely N-dealkylation sites (tertiary alicyclic amines) is 1. The van der Waals surface area contributed by atoms with Gasteiger partial charge in [-0.3, -0.25) is 9.59 Å². The van der Waals surface area contributed by atoms with Crippen molar-refractivity contribution < 1.29 is 14.7 Å². The van der Waals surface area contributed by atoms with Gasteiger partial charge in [0.15, 0.2) is 6.10 Å². The summed E-state index contributed by atoms with van der Waals surface area (Å²) in [7, 11) is 0. The lowest BCUT2D eigenvalue weighted by Gasteiger charge is -2.17. The fourth-order valence-corrected chi connectivity index (χ4v) is 2.77. The fraction of sp³-hybridized carbons (Fsp3) is 0.429. The molecule has 5 nitrogen and oxygen atoms in total. The molecule has 1 aromatic carbocycles. The van der Waals surface area contributed by atoms with Crippen molar-refractivity contribution in [3.63, 3.8) is 0 Å². The van der Waals surface area contributed by atoms with E-state index in [2.05, 4.69) is 5.32 Å². The van der Waals surface area contributed by atoms with Crippen LogP contribution in [0.15, 0.2) is 18.2 Å². The summed E-state index contributed by atoms with van der Waals surface area (Å²) in [6, 6.07) is 4.42. The molecular formula is C14H16Cl2N2O3. The first kappa shape index (κ1) is 16.1. The number of aliphatic hydroxyl groups excluding tert-OH is 1. The van der Waals surface area contributed by atoms with Gasteiger partial charge in [0.1, 0.15) is 0 Å². The van der Waals surface area contributed by atoms with Gasteiger partial charge >= 0.3 is 0 Å². The number of hydrogen-bond acceptors (Lipinski definition) is 3. The summed E-state index contributed by atoms with van der Waals surface area (Å²) in [5, 5.41) is 13.1. The molecule has 1 unspecified atom stereocenters. The molecule has 0 saturated carbocycles. The van der Waals surface area contributed by atoms with Crippen molar-refractivity contribution in [2.45, 2.75) is 18.9 Å². The van der Waals surface area contributed by atoms with Crippen LogP contribution in [0.1, 0.15) is 24.5 Å². The van der Waals surface area contributed by atoms with Gasteiger partial charge in [-0.2, -0.15) is 0 Å². The number of nitrogens with zero attached hydrogens (tertiary/aromatic N) is 1. The molecule has 0 aliphatic carbocycles. The monoisotopic (exact) mass is 330 g/mol. The SMILES string of the molecule is O=C(NCC(=O)N1CCCC1)C(O)c1cc(Cl)cc(Cl)c1. The molecule has 0 bridgehead atoms. The number of rotatable bonds is 4. The Bertz CT molecular complexity index is 525. The van der Waals surface area contributed by atoms with Gasteiger partial charge in [0.05, 0.1) is 6.54 Å². The molecule has 1 fully saturated rings. The van der Waals surface area contributed by atoms with Crippen LogP contribution in [0.3, 0.4) is 0 Å². The minimum atomic E-state index is -1.41. The van der Waals surface area contributed by atoms with E-state index in [0.29, 0.717) is 15.6 Å². The van der Waals surface area contributed by atoms with E-state index >= 15 is 0 Å².